The molecule has 7 heteroatoms. The van der Waals surface area contributed by atoms with Gasteiger partial charge in [0.15, 0.2) is 5.96 Å². The second-order valence-electron chi connectivity index (χ2n) is 6.90. The third-order valence-electron chi connectivity index (χ3n) is 4.74. The highest BCUT2D eigenvalue weighted by atomic mass is 35.5. The summed E-state index contributed by atoms with van der Waals surface area (Å²) in [5, 5.41) is 8.04. The highest BCUT2D eigenvalue weighted by Crippen LogP contribution is 2.30. The maximum Gasteiger partial charge on any atom is 0.190 e. The average molecular weight is 416 g/mol. The number of ether oxygens (including phenoxy) is 2. The molecule has 2 N–H and O–H groups in total. The van der Waals surface area contributed by atoms with E-state index < -0.39 is 0 Å². The number of hydrogen-bond acceptors (Lipinski definition) is 3. The van der Waals surface area contributed by atoms with Crippen LogP contribution >= 0.6 is 23.2 Å². The fourth-order valence-electron chi connectivity index (χ4n) is 3.10. The summed E-state index contributed by atoms with van der Waals surface area (Å²) >= 11 is 12.6. The van der Waals surface area contributed by atoms with Crippen LogP contribution in [0, 0.1) is 5.92 Å². The van der Waals surface area contributed by atoms with Crippen molar-refractivity contribution in [3.05, 3.63) is 33.8 Å². The quantitative estimate of drug-likeness (QED) is 0.362. The Hall–Kier alpha value is -1.01. The van der Waals surface area contributed by atoms with Crippen LogP contribution in [0.4, 0.5) is 0 Å². The largest absolute Gasteiger partial charge is 0.381 e. The van der Waals surface area contributed by atoms with Gasteiger partial charge in [0.25, 0.3) is 0 Å². The van der Waals surface area contributed by atoms with Gasteiger partial charge in [-0.25, -0.2) is 0 Å². The van der Waals surface area contributed by atoms with Gasteiger partial charge in [0.05, 0.1) is 0 Å². The number of benzene rings is 1. The first-order valence-corrected chi connectivity index (χ1v) is 10.4. The van der Waals surface area contributed by atoms with Crippen LogP contribution in [0.25, 0.3) is 0 Å². The predicted octanol–water partition coefficient (Wildman–Crippen LogP) is 4.10. The minimum absolute atomic E-state index is 0.174. The topological polar surface area (TPSA) is 54.9 Å². The van der Waals surface area contributed by atoms with Gasteiger partial charge < -0.3 is 20.1 Å². The van der Waals surface area contributed by atoms with E-state index in [0.29, 0.717) is 22.5 Å². The maximum atomic E-state index is 6.28. The van der Waals surface area contributed by atoms with Crippen molar-refractivity contribution < 1.29 is 9.47 Å². The smallest absolute Gasteiger partial charge is 0.190 e. The lowest BCUT2D eigenvalue weighted by molar-refractivity contribution is 0.0203. The minimum Gasteiger partial charge on any atom is -0.381 e. The van der Waals surface area contributed by atoms with Gasteiger partial charge in [0.1, 0.15) is 0 Å². The van der Waals surface area contributed by atoms with Crippen LogP contribution in [0.3, 0.4) is 0 Å². The lowest BCUT2D eigenvalue weighted by Crippen LogP contribution is -2.39. The average Bonchev–Trinajstić information content (AvgIpc) is 2.67. The Bertz CT molecular complexity index is 572. The van der Waals surface area contributed by atoms with Crippen LogP contribution in [-0.4, -0.2) is 52.5 Å². The van der Waals surface area contributed by atoms with Crippen molar-refractivity contribution >= 4 is 29.2 Å². The molecular weight excluding hydrogens is 385 g/mol. The third kappa shape index (κ3) is 7.86. The van der Waals surface area contributed by atoms with Gasteiger partial charge in [-0.15, -0.1) is 0 Å². The molecule has 2 rings (SSSR count). The second-order valence-corrected chi connectivity index (χ2v) is 7.71. The first-order valence-electron chi connectivity index (χ1n) is 9.65. The number of aliphatic imine (C=N–C) groups is 1. The number of halogens is 2. The lowest BCUT2D eigenvalue weighted by atomic mass is 10.0. The van der Waals surface area contributed by atoms with Crippen molar-refractivity contribution in [2.75, 3.05) is 46.6 Å². The van der Waals surface area contributed by atoms with Crippen molar-refractivity contribution in [2.24, 2.45) is 10.9 Å². The van der Waals surface area contributed by atoms with Gasteiger partial charge in [0.2, 0.25) is 0 Å². The van der Waals surface area contributed by atoms with Gasteiger partial charge in [-0.2, -0.15) is 0 Å². The summed E-state index contributed by atoms with van der Waals surface area (Å²) in [6, 6.07) is 5.60. The van der Waals surface area contributed by atoms with Crippen LogP contribution in [0.2, 0.25) is 10.0 Å². The number of hydrogen-bond donors (Lipinski definition) is 2. The highest BCUT2D eigenvalue weighted by molar-refractivity contribution is 6.36. The monoisotopic (exact) mass is 415 g/mol. The Balaban J connectivity index is 1.61. The molecule has 1 heterocycles. The summed E-state index contributed by atoms with van der Waals surface area (Å²) in [6.45, 7) is 6.94. The van der Waals surface area contributed by atoms with Crippen molar-refractivity contribution in [1.29, 1.82) is 0 Å². The zero-order valence-corrected chi connectivity index (χ0v) is 17.8. The number of guanidine groups is 1. The summed E-state index contributed by atoms with van der Waals surface area (Å²) in [6.07, 6.45) is 3.17. The Morgan fingerprint density at radius 2 is 1.96 bits per heavy atom. The standard InChI is InChI=1S/C20H31Cl2N3O2/c1-15(19-17(21)5-3-6-18(19)22)13-25-20(23-2)24-9-4-10-27-14-16-7-11-26-12-8-16/h3,5-6,15-16H,4,7-14H2,1-2H3,(H2,23,24,25). The first kappa shape index (κ1) is 22.3. The molecule has 1 saturated heterocycles. The van der Waals surface area contributed by atoms with Gasteiger partial charge in [-0.1, -0.05) is 36.2 Å². The Morgan fingerprint density at radius 3 is 2.63 bits per heavy atom. The molecule has 27 heavy (non-hydrogen) atoms. The van der Waals surface area contributed by atoms with E-state index in [1.165, 1.54) is 0 Å². The molecule has 1 aromatic rings. The Kier molecular flexibility index (Phi) is 10.3. The van der Waals surface area contributed by atoms with E-state index in [4.69, 9.17) is 32.7 Å². The molecule has 152 valence electrons. The molecular formula is C20H31Cl2N3O2. The lowest BCUT2D eigenvalue weighted by Gasteiger charge is -2.21. The molecule has 1 aliphatic rings. The SMILES string of the molecule is CN=C(NCCCOCC1CCOCC1)NCC(C)c1c(Cl)cccc1Cl. The molecule has 0 spiro atoms. The fourth-order valence-corrected chi connectivity index (χ4v) is 3.87. The molecule has 1 fully saturated rings. The highest BCUT2D eigenvalue weighted by Gasteiger charge is 2.15. The van der Waals surface area contributed by atoms with Crippen LogP contribution in [0.1, 0.15) is 37.7 Å². The second kappa shape index (κ2) is 12.4. The summed E-state index contributed by atoms with van der Waals surface area (Å²) < 4.78 is 11.1. The Labute approximate surface area is 172 Å². The molecule has 0 aliphatic carbocycles. The molecule has 1 aliphatic heterocycles. The molecule has 5 nitrogen and oxygen atoms in total. The molecule has 0 amide bonds. The molecule has 0 bridgehead atoms. The number of nitrogens with zero attached hydrogens (tertiary/aromatic N) is 1. The van der Waals surface area contributed by atoms with E-state index in [1.54, 1.807) is 7.05 Å². The fraction of sp³-hybridized carbons (Fsp3) is 0.650. The molecule has 1 aromatic carbocycles. The number of rotatable bonds is 9. The molecule has 0 aromatic heterocycles. The van der Waals surface area contributed by atoms with Crippen molar-refractivity contribution in [1.82, 2.24) is 10.6 Å². The van der Waals surface area contributed by atoms with Gasteiger partial charge in [-0.3, -0.25) is 4.99 Å². The van der Waals surface area contributed by atoms with Crippen LogP contribution in [0.5, 0.6) is 0 Å². The number of nitrogens with one attached hydrogen (secondary N) is 2. The van der Waals surface area contributed by atoms with E-state index in [2.05, 4.69) is 22.5 Å². The summed E-state index contributed by atoms with van der Waals surface area (Å²) in [4.78, 5) is 4.26. The molecule has 1 atom stereocenters. The zero-order valence-electron chi connectivity index (χ0n) is 16.3. The van der Waals surface area contributed by atoms with Crippen molar-refractivity contribution in [3.63, 3.8) is 0 Å². The van der Waals surface area contributed by atoms with Crippen molar-refractivity contribution in [3.8, 4) is 0 Å². The zero-order chi connectivity index (χ0) is 19.5. The Morgan fingerprint density at radius 1 is 1.26 bits per heavy atom. The van der Waals surface area contributed by atoms with Crippen molar-refractivity contribution in [2.45, 2.75) is 32.1 Å². The molecule has 0 radical (unpaired) electrons. The van der Waals surface area contributed by atoms with E-state index in [0.717, 1.165) is 63.8 Å². The summed E-state index contributed by atoms with van der Waals surface area (Å²) in [7, 11) is 1.77. The summed E-state index contributed by atoms with van der Waals surface area (Å²) in [5.41, 5.74) is 0.963. The first-order chi connectivity index (χ1) is 13.1. The normalized spacial score (nSPS) is 17.0. The molecule has 0 saturated carbocycles. The van der Waals surface area contributed by atoms with E-state index in [9.17, 15) is 0 Å². The summed E-state index contributed by atoms with van der Waals surface area (Å²) in [5.74, 6) is 1.60. The van der Waals surface area contributed by atoms with Crippen LogP contribution in [0.15, 0.2) is 23.2 Å². The van der Waals surface area contributed by atoms with Crippen LogP contribution in [-0.2, 0) is 9.47 Å². The molecule has 1 unspecified atom stereocenters. The maximum absolute atomic E-state index is 6.28. The minimum atomic E-state index is 0.174. The van der Waals surface area contributed by atoms with E-state index >= 15 is 0 Å². The van der Waals surface area contributed by atoms with Gasteiger partial charge in [0, 0.05) is 62.5 Å². The van der Waals surface area contributed by atoms with E-state index in [1.807, 2.05) is 18.2 Å². The van der Waals surface area contributed by atoms with Crippen LogP contribution < -0.4 is 10.6 Å². The van der Waals surface area contributed by atoms with Gasteiger partial charge >= 0.3 is 0 Å². The van der Waals surface area contributed by atoms with Gasteiger partial charge in [-0.05, 0) is 42.9 Å². The van der Waals surface area contributed by atoms with E-state index in [-0.39, 0.29) is 5.92 Å². The predicted molar refractivity (Wildman–Crippen MR) is 113 cm³/mol. The third-order valence-corrected chi connectivity index (χ3v) is 5.40.